The minimum absolute atomic E-state index is 0.127. The van der Waals surface area contributed by atoms with E-state index in [1.807, 2.05) is 48.5 Å². The van der Waals surface area contributed by atoms with Gasteiger partial charge in [-0.15, -0.1) is 0 Å². The van der Waals surface area contributed by atoms with Gasteiger partial charge in [0.1, 0.15) is 6.04 Å². The number of nitrogens with zero attached hydrogens (tertiary/aromatic N) is 1. The number of morpholine rings is 1. The highest BCUT2D eigenvalue weighted by Gasteiger charge is 2.28. The average Bonchev–Trinajstić information content (AvgIpc) is 2.68. The lowest BCUT2D eigenvalue weighted by Crippen LogP contribution is -2.48. The standard InChI is InChI=1S/C19H21N3O3/c23-18(22-11-13-25-14-12-22)17(15-7-3-1-4-8-15)21-19(24)20-16-9-5-2-6-10-16/h1-10,17H,11-14H2,(H2,20,21,24)/t17-/m0/s1. The summed E-state index contributed by atoms with van der Waals surface area (Å²) in [6.07, 6.45) is 0. The molecule has 1 saturated heterocycles. The molecule has 0 radical (unpaired) electrons. The van der Waals surface area contributed by atoms with E-state index in [4.69, 9.17) is 4.74 Å². The molecule has 0 unspecified atom stereocenters. The van der Waals surface area contributed by atoms with Gasteiger partial charge in [0, 0.05) is 18.8 Å². The quantitative estimate of drug-likeness (QED) is 0.899. The lowest BCUT2D eigenvalue weighted by molar-refractivity contribution is -0.137. The first-order valence-electron chi connectivity index (χ1n) is 8.28. The number of hydrogen-bond acceptors (Lipinski definition) is 3. The number of amides is 3. The molecule has 2 aromatic carbocycles. The number of hydrogen-bond donors (Lipinski definition) is 2. The summed E-state index contributed by atoms with van der Waals surface area (Å²) in [7, 11) is 0. The molecule has 2 aromatic rings. The van der Waals surface area contributed by atoms with Crippen molar-refractivity contribution in [1.82, 2.24) is 10.2 Å². The van der Waals surface area contributed by atoms with Crippen molar-refractivity contribution in [2.45, 2.75) is 6.04 Å². The van der Waals surface area contributed by atoms with E-state index in [1.165, 1.54) is 0 Å². The summed E-state index contributed by atoms with van der Waals surface area (Å²) >= 11 is 0. The van der Waals surface area contributed by atoms with Gasteiger partial charge in [-0.25, -0.2) is 4.79 Å². The van der Waals surface area contributed by atoms with Crippen LogP contribution in [0.15, 0.2) is 60.7 Å². The van der Waals surface area contributed by atoms with Crippen LogP contribution in [0, 0.1) is 0 Å². The smallest absolute Gasteiger partial charge is 0.320 e. The largest absolute Gasteiger partial charge is 0.378 e. The van der Waals surface area contributed by atoms with Gasteiger partial charge >= 0.3 is 6.03 Å². The van der Waals surface area contributed by atoms with Crippen LogP contribution in [0.25, 0.3) is 0 Å². The number of nitrogens with one attached hydrogen (secondary N) is 2. The van der Waals surface area contributed by atoms with Gasteiger partial charge in [0.05, 0.1) is 13.2 Å². The van der Waals surface area contributed by atoms with E-state index in [1.54, 1.807) is 17.0 Å². The Balaban J connectivity index is 1.74. The van der Waals surface area contributed by atoms with E-state index in [9.17, 15) is 9.59 Å². The maximum Gasteiger partial charge on any atom is 0.320 e. The molecule has 6 heteroatoms. The second-order valence-electron chi connectivity index (χ2n) is 5.75. The van der Waals surface area contributed by atoms with Crippen LogP contribution in [-0.4, -0.2) is 43.1 Å². The Bertz CT molecular complexity index is 700. The summed E-state index contributed by atoms with van der Waals surface area (Å²) in [5, 5.41) is 5.55. The first kappa shape index (κ1) is 17.0. The molecule has 25 heavy (non-hydrogen) atoms. The van der Waals surface area contributed by atoms with Crippen LogP contribution in [0.1, 0.15) is 11.6 Å². The molecule has 1 aliphatic rings. The van der Waals surface area contributed by atoms with Crippen molar-refractivity contribution in [2.75, 3.05) is 31.6 Å². The van der Waals surface area contributed by atoms with E-state index < -0.39 is 12.1 Å². The predicted molar refractivity (Wildman–Crippen MR) is 95.2 cm³/mol. The number of anilines is 1. The summed E-state index contributed by atoms with van der Waals surface area (Å²) in [6.45, 7) is 2.10. The van der Waals surface area contributed by atoms with Gasteiger partial charge in [0.2, 0.25) is 5.91 Å². The van der Waals surface area contributed by atoms with Crippen LogP contribution in [0.3, 0.4) is 0 Å². The lowest BCUT2D eigenvalue weighted by Gasteiger charge is -2.31. The number of carbonyl (C=O) groups excluding carboxylic acids is 2. The monoisotopic (exact) mass is 339 g/mol. The molecule has 1 heterocycles. The molecule has 1 fully saturated rings. The second-order valence-corrected chi connectivity index (χ2v) is 5.75. The average molecular weight is 339 g/mol. The fraction of sp³-hybridized carbons (Fsp3) is 0.263. The number of ether oxygens (including phenoxy) is 1. The maximum absolute atomic E-state index is 12.9. The van der Waals surface area contributed by atoms with Crippen molar-refractivity contribution < 1.29 is 14.3 Å². The third-order valence-corrected chi connectivity index (χ3v) is 4.01. The third-order valence-electron chi connectivity index (χ3n) is 4.01. The van der Waals surface area contributed by atoms with Crippen LogP contribution < -0.4 is 10.6 Å². The zero-order valence-corrected chi connectivity index (χ0v) is 13.9. The lowest BCUT2D eigenvalue weighted by atomic mass is 10.1. The van der Waals surface area contributed by atoms with Crippen molar-refractivity contribution in [3.8, 4) is 0 Å². The van der Waals surface area contributed by atoms with Crippen LogP contribution in [0.5, 0.6) is 0 Å². The Labute approximate surface area is 146 Å². The Morgan fingerprint density at radius 3 is 2.16 bits per heavy atom. The first-order valence-corrected chi connectivity index (χ1v) is 8.28. The fourth-order valence-corrected chi connectivity index (χ4v) is 2.72. The molecule has 3 rings (SSSR count). The predicted octanol–water partition coefficient (Wildman–Crippen LogP) is 2.41. The zero-order chi connectivity index (χ0) is 17.5. The van der Waals surface area contributed by atoms with Gasteiger partial charge in [-0.3, -0.25) is 4.79 Å². The van der Waals surface area contributed by atoms with E-state index in [-0.39, 0.29) is 5.91 Å². The molecular weight excluding hydrogens is 318 g/mol. The molecule has 0 aromatic heterocycles. The van der Waals surface area contributed by atoms with Crippen molar-refractivity contribution in [1.29, 1.82) is 0 Å². The van der Waals surface area contributed by atoms with E-state index in [2.05, 4.69) is 10.6 Å². The second kappa shape index (κ2) is 8.30. The van der Waals surface area contributed by atoms with E-state index in [0.717, 1.165) is 5.56 Å². The zero-order valence-electron chi connectivity index (χ0n) is 13.9. The SMILES string of the molecule is O=C(Nc1ccccc1)N[C@H](C(=O)N1CCOCC1)c1ccccc1. The Kier molecular flexibility index (Phi) is 5.64. The topological polar surface area (TPSA) is 70.7 Å². The Hall–Kier alpha value is -2.86. The molecular formula is C19H21N3O3. The maximum atomic E-state index is 12.9. The summed E-state index contributed by atoms with van der Waals surface area (Å²) in [5.41, 5.74) is 1.42. The van der Waals surface area contributed by atoms with Gasteiger partial charge in [-0.2, -0.15) is 0 Å². The molecule has 130 valence electrons. The van der Waals surface area contributed by atoms with Crippen LogP contribution in [0.2, 0.25) is 0 Å². The van der Waals surface area contributed by atoms with Crippen LogP contribution in [0.4, 0.5) is 10.5 Å². The molecule has 1 aliphatic heterocycles. The van der Waals surface area contributed by atoms with Crippen molar-refractivity contribution in [3.05, 3.63) is 66.2 Å². The van der Waals surface area contributed by atoms with Gasteiger partial charge in [0.25, 0.3) is 0 Å². The summed E-state index contributed by atoms with van der Waals surface area (Å²) in [6, 6.07) is 17.2. The van der Waals surface area contributed by atoms with Gasteiger partial charge < -0.3 is 20.3 Å². The van der Waals surface area contributed by atoms with Crippen molar-refractivity contribution in [3.63, 3.8) is 0 Å². The number of carbonyl (C=O) groups is 2. The fourth-order valence-electron chi connectivity index (χ4n) is 2.72. The molecule has 6 nitrogen and oxygen atoms in total. The number of benzene rings is 2. The van der Waals surface area contributed by atoms with Gasteiger partial charge in [-0.05, 0) is 17.7 Å². The van der Waals surface area contributed by atoms with Crippen LogP contribution in [-0.2, 0) is 9.53 Å². The third kappa shape index (κ3) is 4.58. The van der Waals surface area contributed by atoms with Gasteiger partial charge in [0.15, 0.2) is 0 Å². The molecule has 0 spiro atoms. The molecule has 0 bridgehead atoms. The normalized spacial score (nSPS) is 15.3. The summed E-state index contributed by atoms with van der Waals surface area (Å²) in [5.74, 6) is -0.127. The minimum atomic E-state index is -0.733. The molecule has 2 N–H and O–H groups in total. The number of urea groups is 1. The molecule has 0 saturated carbocycles. The highest BCUT2D eigenvalue weighted by Crippen LogP contribution is 2.17. The molecule has 0 aliphatic carbocycles. The first-order chi connectivity index (χ1) is 12.2. The highest BCUT2D eigenvalue weighted by atomic mass is 16.5. The van der Waals surface area contributed by atoms with Gasteiger partial charge in [-0.1, -0.05) is 48.5 Å². The summed E-state index contributed by atoms with van der Waals surface area (Å²) < 4.78 is 5.30. The van der Waals surface area contributed by atoms with Crippen molar-refractivity contribution in [2.24, 2.45) is 0 Å². The highest BCUT2D eigenvalue weighted by molar-refractivity contribution is 5.94. The Morgan fingerprint density at radius 1 is 0.920 bits per heavy atom. The Morgan fingerprint density at radius 2 is 1.52 bits per heavy atom. The molecule has 3 amide bonds. The van der Waals surface area contributed by atoms with E-state index >= 15 is 0 Å². The van der Waals surface area contributed by atoms with Crippen molar-refractivity contribution >= 4 is 17.6 Å². The molecule has 1 atom stereocenters. The minimum Gasteiger partial charge on any atom is -0.378 e. The van der Waals surface area contributed by atoms with Crippen LogP contribution >= 0.6 is 0 Å². The summed E-state index contributed by atoms with van der Waals surface area (Å²) in [4.78, 5) is 27.0. The van der Waals surface area contributed by atoms with E-state index in [0.29, 0.717) is 32.0 Å². The number of rotatable bonds is 4. The number of para-hydroxylation sites is 1.